The monoisotopic (exact) mass is 600 g/mol. The van der Waals surface area contributed by atoms with Crippen LogP contribution in [0.4, 0.5) is 5.69 Å². The number of thioether (sulfide) groups is 1. The van der Waals surface area contributed by atoms with E-state index in [1.165, 1.54) is 11.3 Å². The predicted molar refractivity (Wildman–Crippen MR) is 152 cm³/mol. The Labute approximate surface area is 230 Å². The molecule has 0 aliphatic carbocycles. The Morgan fingerprint density at radius 2 is 1.89 bits per heavy atom. The average molecular weight is 602 g/mol. The number of hydrogen-bond acceptors (Lipinski definition) is 7. The quantitative estimate of drug-likeness (QED) is 0.185. The summed E-state index contributed by atoms with van der Waals surface area (Å²) in [5.41, 5.74) is 4.49. The van der Waals surface area contributed by atoms with E-state index in [2.05, 4.69) is 31.7 Å². The number of carbonyl (C=O) groups excluding carboxylic acids is 2. The summed E-state index contributed by atoms with van der Waals surface area (Å²) in [4.78, 5) is 43.8. The standard InChI is InChI=1S/C26H25BrN4O4S2/c1-3-16-9-5-7-11-18(16)28-24(33)21(4-2)37-26-29-19-13-14-36-23(19)25(34)31(26)30-22(32)15-35-20-12-8-6-10-17(20)27/h5-14,21H,3-4,15H2,1-2H3,(H,28,33)(H,30,32)/t21-/m1/s1. The molecule has 0 fully saturated rings. The Bertz CT molecular complexity index is 1490. The van der Waals surface area contributed by atoms with E-state index in [4.69, 9.17) is 4.74 Å². The number of nitrogens with zero attached hydrogens (tertiary/aromatic N) is 2. The normalized spacial score (nSPS) is 11.8. The third-order valence-corrected chi connectivity index (χ3v) is 8.31. The summed E-state index contributed by atoms with van der Waals surface area (Å²) < 4.78 is 7.81. The van der Waals surface area contributed by atoms with Crippen LogP contribution in [0, 0.1) is 0 Å². The van der Waals surface area contributed by atoms with Crippen molar-refractivity contribution < 1.29 is 14.3 Å². The molecule has 0 aliphatic heterocycles. The summed E-state index contributed by atoms with van der Waals surface area (Å²) >= 11 is 5.75. The van der Waals surface area contributed by atoms with Crippen LogP contribution >= 0.6 is 39.0 Å². The number of halogens is 1. The van der Waals surface area contributed by atoms with Gasteiger partial charge in [-0.2, -0.15) is 4.68 Å². The molecule has 0 bridgehead atoms. The smallest absolute Gasteiger partial charge is 0.291 e. The number of aromatic nitrogens is 2. The summed E-state index contributed by atoms with van der Waals surface area (Å²) in [7, 11) is 0. The molecule has 0 saturated carbocycles. The molecule has 2 aromatic heterocycles. The molecule has 4 aromatic rings. The number of para-hydroxylation sites is 2. The van der Waals surface area contributed by atoms with Crippen LogP contribution < -0.4 is 21.0 Å². The molecule has 0 spiro atoms. The highest BCUT2D eigenvalue weighted by Gasteiger charge is 2.24. The van der Waals surface area contributed by atoms with Crippen LogP contribution in [0.15, 0.2) is 74.4 Å². The van der Waals surface area contributed by atoms with Crippen LogP contribution in [-0.4, -0.2) is 33.3 Å². The van der Waals surface area contributed by atoms with E-state index >= 15 is 0 Å². The van der Waals surface area contributed by atoms with Gasteiger partial charge in [0.25, 0.3) is 11.5 Å². The zero-order valence-electron chi connectivity index (χ0n) is 20.2. The number of hydrogen-bond donors (Lipinski definition) is 2. The van der Waals surface area contributed by atoms with E-state index < -0.39 is 16.7 Å². The van der Waals surface area contributed by atoms with Crippen LogP contribution in [0.2, 0.25) is 0 Å². The van der Waals surface area contributed by atoms with Gasteiger partial charge in [0.15, 0.2) is 11.8 Å². The largest absolute Gasteiger partial charge is 0.483 e. The van der Waals surface area contributed by atoms with E-state index in [0.29, 0.717) is 26.9 Å². The fourth-order valence-electron chi connectivity index (χ4n) is 3.55. The lowest BCUT2D eigenvalue weighted by atomic mass is 10.1. The van der Waals surface area contributed by atoms with Crippen molar-refractivity contribution in [1.82, 2.24) is 9.66 Å². The maximum atomic E-state index is 13.2. The molecule has 37 heavy (non-hydrogen) atoms. The maximum Gasteiger partial charge on any atom is 0.291 e. The number of carbonyl (C=O) groups is 2. The lowest BCUT2D eigenvalue weighted by Crippen LogP contribution is -2.37. The van der Waals surface area contributed by atoms with Crippen LogP contribution in [0.3, 0.4) is 0 Å². The van der Waals surface area contributed by atoms with E-state index in [1.807, 2.05) is 44.2 Å². The molecule has 2 aromatic carbocycles. The second kappa shape index (κ2) is 12.4. The average Bonchev–Trinajstić information content (AvgIpc) is 3.38. The molecule has 0 saturated heterocycles. The van der Waals surface area contributed by atoms with Crippen molar-refractivity contribution in [1.29, 1.82) is 0 Å². The van der Waals surface area contributed by atoms with Crippen molar-refractivity contribution in [2.45, 2.75) is 37.1 Å². The van der Waals surface area contributed by atoms with Gasteiger partial charge in [-0.1, -0.05) is 55.9 Å². The first-order chi connectivity index (χ1) is 17.9. The highest BCUT2D eigenvalue weighted by Crippen LogP contribution is 2.27. The van der Waals surface area contributed by atoms with Gasteiger partial charge in [-0.05, 0) is 64.0 Å². The van der Waals surface area contributed by atoms with Gasteiger partial charge in [0.1, 0.15) is 10.4 Å². The molecule has 4 rings (SSSR count). The van der Waals surface area contributed by atoms with E-state index in [0.717, 1.165) is 34.1 Å². The van der Waals surface area contributed by atoms with Crippen molar-refractivity contribution in [3.63, 3.8) is 0 Å². The van der Waals surface area contributed by atoms with Crippen molar-refractivity contribution >= 4 is 66.7 Å². The van der Waals surface area contributed by atoms with Crippen molar-refractivity contribution in [2.24, 2.45) is 0 Å². The molecule has 2 heterocycles. The third kappa shape index (κ3) is 6.41. The highest BCUT2D eigenvalue weighted by atomic mass is 79.9. The van der Waals surface area contributed by atoms with Gasteiger partial charge in [-0.15, -0.1) is 11.3 Å². The Kier molecular flexibility index (Phi) is 9.01. The zero-order valence-corrected chi connectivity index (χ0v) is 23.4. The first-order valence-electron chi connectivity index (χ1n) is 11.6. The number of fused-ring (bicyclic) bond motifs is 1. The van der Waals surface area contributed by atoms with Crippen LogP contribution in [0.1, 0.15) is 25.8 Å². The molecular weight excluding hydrogens is 576 g/mol. The predicted octanol–water partition coefficient (Wildman–Crippen LogP) is 5.44. The minimum atomic E-state index is -0.549. The Morgan fingerprint density at radius 1 is 1.14 bits per heavy atom. The first-order valence-corrected chi connectivity index (χ1v) is 14.2. The van der Waals surface area contributed by atoms with Gasteiger partial charge in [-0.25, -0.2) is 4.98 Å². The molecule has 11 heteroatoms. The lowest BCUT2D eigenvalue weighted by molar-refractivity contribution is -0.119. The minimum absolute atomic E-state index is 0.205. The molecule has 192 valence electrons. The lowest BCUT2D eigenvalue weighted by Gasteiger charge is -2.18. The summed E-state index contributed by atoms with van der Waals surface area (Å²) in [5.74, 6) is -0.239. The number of ether oxygens (including phenoxy) is 1. The Hall–Kier alpha value is -3.15. The van der Waals surface area contributed by atoms with Crippen molar-refractivity contribution in [3.05, 3.63) is 80.4 Å². The molecule has 0 aliphatic rings. The number of amides is 2. The molecule has 2 N–H and O–H groups in total. The highest BCUT2D eigenvalue weighted by molar-refractivity contribution is 9.10. The number of benzene rings is 2. The number of aryl methyl sites for hydroxylation is 1. The molecule has 0 unspecified atom stereocenters. The summed E-state index contributed by atoms with van der Waals surface area (Å²) in [6, 6.07) is 16.5. The summed E-state index contributed by atoms with van der Waals surface area (Å²) in [6.07, 6.45) is 1.27. The first kappa shape index (κ1) is 26.9. The number of rotatable bonds is 10. The van der Waals surface area contributed by atoms with Gasteiger partial charge in [0.05, 0.1) is 15.2 Å². The fourth-order valence-corrected chi connectivity index (χ4v) is 5.68. The van der Waals surface area contributed by atoms with Crippen molar-refractivity contribution in [3.8, 4) is 5.75 Å². The Balaban J connectivity index is 1.56. The molecular formula is C26H25BrN4O4S2. The number of thiophene rings is 1. The van der Waals surface area contributed by atoms with Gasteiger partial charge in [0.2, 0.25) is 5.91 Å². The molecule has 0 radical (unpaired) electrons. The van der Waals surface area contributed by atoms with Gasteiger partial charge in [-0.3, -0.25) is 19.8 Å². The zero-order chi connectivity index (χ0) is 26.4. The van der Waals surface area contributed by atoms with Crippen LogP contribution in [0.25, 0.3) is 10.2 Å². The van der Waals surface area contributed by atoms with E-state index in [-0.39, 0.29) is 17.7 Å². The van der Waals surface area contributed by atoms with Crippen LogP contribution in [-0.2, 0) is 16.0 Å². The van der Waals surface area contributed by atoms with Crippen molar-refractivity contribution in [2.75, 3.05) is 17.3 Å². The Morgan fingerprint density at radius 3 is 2.65 bits per heavy atom. The maximum absolute atomic E-state index is 13.2. The SMILES string of the molecule is CCc1ccccc1NC(=O)[C@@H](CC)Sc1nc2ccsc2c(=O)n1NC(=O)COc1ccccc1Br. The fraction of sp³-hybridized carbons (Fsp3) is 0.231. The third-order valence-electron chi connectivity index (χ3n) is 5.45. The topological polar surface area (TPSA) is 102 Å². The van der Waals surface area contributed by atoms with E-state index in [9.17, 15) is 14.4 Å². The van der Waals surface area contributed by atoms with Crippen LogP contribution in [0.5, 0.6) is 5.75 Å². The van der Waals surface area contributed by atoms with Gasteiger partial charge in [0, 0.05) is 5.69 Å². The molecule has 2 amide bonds. The van der Waals surface area contributed by atoms with Gasteiger partial charge < -0.3 is 10.1 Å². The van der Waals surface area contributed by atoms with Gasteiger partial charge >= 0.3 is 0 Å². The molecule has 1 atom stereocenters. The number of anilines is 1. The minimum Gasteiger partial charge on any atom is -0.483 e. The second-order valence-electron chi connectivity index (χ2n) is 7.94. The summed E-state index contributed by atoms with van der Waals surface area (Å²) in [5, 5.41) is 4.43. The second-order valence-corrected chi connectivity index (χ2v) is 10.9. The number of nitrogens with one attached hydrogen (secondary N) is 2. The van der Waals surface area contributed by atoms with E-state index in [1.54, 1.807) is 29.6 Å². The summed E-state index contributed by atoms with van der Waals surface area (Å²) in [6.45, 7) is 3.60. The molecule has 8 nitrogen and oxygen atoms in total.